The first kappa shape index (κ1) is 12.8. The number of aromatic carboxylic acids is 1. The van der Waals surface area contributed by atoms with E-state index >= 15 is 0 Å². The molecular formula is C10H11BN2O4S. The molecule has 0 saturated carbocycles. The molecule has 94 valence electrons. The molecule has 18 heavy (non-hydrogen) atoms. The van der Waals surface area contributed by atoms with Gasteiger partial charge in [-0.25, -0.2) is 4.79 Å². The van der Waals surface area contributed by atoms with Gasteiger partial charge in [-0.1, -0.05) is 23.9 Å². The van der Waals surface area contributed by atoms with E-state index in [-0.39, 0.29) is 16.5 Å². The lowest BCUT2D eigenvalue weighted by atomic mass is 9.77. The second kappa shape index (κ2) is 4.91. The average molecular weight is 266 g/mol. The Labute approximate surface area is 108 Å². The van der Waals surface area contributed by atoms with Crippen molar-refractivity contribution in [3.05, 3.63) is 29.3 Å². The molecule has 0 aromatic heterocycles. The number of fused-ring (bicyclic) bond motifs is 1. The third kappa shape index (κ3) is 2.44. The topological polar surface area (TPSA) is 117 Å². The highest BCUT2D eigenvalue weighted by Crippen LogP contribution is 2.33. The van der Waals surface area contributed by atoms with Crippen LogP contribution in [0.5, 0.6) is 5.75 Å². The van der Waals surface area contributed by atoms with Crippen LogP contribution in [0.3, 0.4) is 0 Å². The number of nitrogens with one attached hydrogen (secondary N) is 1. The van der Waals surface area contributed by atoms with Crippen molar-refractivity contribution < 1.29 is 19.6 Å². The molecule has 0 bridgehead atoms. The molecule has 0 saturated heterocycles. The highest BCUT2D eigenvalue weighted by molar-refractivity contribution is 8.15. The van der Waals surface area contributed by atoms with Gasteiger partial charge in [0.15, 0.2) is 5.17 Å². The Hall–Kier alpha value is -1.67. The quantitative estimate of drug-likeness (QED) is 0.348. The van der Waals surface area contributed by atoms with Gasteiger partial charge in [0, 0.05) is 0 Å². The summed E-state index contributed by atoms with van der Waals surface area (Å²) in [4.78, 5) is 11.0. The molecule has 5 N–H and O–H groups in total. The van der Waals surface area contributed by atoms with E-state index < -0.39 is 18.2 Å². The number of rotatable bonds is 2. The van der Waals surface area contributed by atoms with E-state index in [4.69, 9.17) is 20.9 Å². The lowest BCUT2D eigenvalue weighted by Gasteiger charge is -2.27. The molecule has 0 aliphatic carbocycles. The number of nitrogens with two attached hydrogens (primary N) is 1. The molecule has 8 heteroatoms. The second-order valence-corrected chi connectivity index (χ2v) is 5.11. The molecule has 0 fully saturated rings. The van der Waals surface area contributed by atoms with Crippen molar-refractivity contribution in [3.63, 3.8) is 0 Å². The van der Waals surface area contributed by atoms with E-state index in [1.54, 1.807) is 12.1 Å². The maximum atomic E-state index is 11.0. The monoisotopic (exact) mass is 266 g/mol. The van der Waals surface area contributed by atoms with Crippen LogP contribution in [0.25, 0.3) is 0 Å². The summed E-state index contributed by atoms with van der Waals surface area (Å²) in [5.74, 6) is -0.908. The van der Waals surface area contributed by atoms with Crippen LogP contribution in [-0.4, -0.2) is 33.5 Å². The molecule has 1 aromatic carbocycles. The summed E-state index contributed by atoms with van der Waals surface area (Å²) in [5.41, 5.74) is 5.99. The Kier molecular flexibility index (Phi) is 3.49. The highest BCUT2D eigenvalue weighted by atomic mass is 32.2. The van der Waals surface area contributed by atoms with Gasteiger partial charge >= 0.3 is 13.1 Å². The SMILES string of the molecule is N=C(N)S[C@H]1Cc2cccc(C(=O)O)c2OB1O. The minimum Gasteiger partial charge on any atom is -0.535 e. The van der Waals surface area contributed by atoms with E-state index in [2.05, 4.69) is 0 Å². The lowest BCUT2D eigenvalue weighted by molar-refractivity contribution is 0.0694. The van der Waals surface area contributed by atoms with E-state index in [0.717, 1.165) is 11.8 Å². The Morgan fingerprint density at radius 2 is 2.33 bits per heavy atom. The Balaban J connectivity index is 2.33. The third-order valence-electron chi connectivity index (χ3n) is 2.58. The first-order valence-electron chi connectivity index (χ1n) is 5.19. The second-order valence-electron chi connectivity index (χ2n) is 3.83. The van der Waals surface area contributed by atoms with Gasteiger partial charge in [0.2, 0.25) is 0 Å². The number of para-hydroxylation sites is 1. The summed E-state index contributed by atoms with van der Waals surface area (Å²) in [6.07, 6.45) is 0.405. The summed E-state index contributed by atoms with van der Waals surface area (Å²) in [5, 5.41) is 25.5. The molecule has 1 heterocycles. The summed E-state index contributed by atoms with van der Waals surface area (Å²) in [6, 6.07) is 4.78. The number of carboxylic acids is 1. The number of hydrogen-bond acceptors (Lipinski definition) is 5. The van der Waals surface area contributed by atoms with Crippen LogP contribution < -0.4 is 10.4 Å². The molecule has 0 radical (unpaired) electrons. The third-order valence-corrected chi connectivity index (χ3v) is 3.54. The summed E-state index contributed by atoms with van der Waals surface area (Å²) < 4.78 is 5.24. The van der Waals surface area contributed by atoms with Crippen LogP contribution in [-0.2, 0) is 6.42 Å². The van der Waals surface area contributed by atoms with Gasteiger partial charge in [-0.3, -0.25) is 5.41 Å². The molecule has 0 amide bonds. The number of hydrogen-bond donors (Lipinski definition) is 4. The number of thioether (sulfide) groups is 1. The van der Waals surface area contributed by atoms with Crippen molar-refractivity contribution in [1.29, 1.82) is 5.41 Å². The smallest absolute Gasteiger partial charge is 0.535 e. The fraction of sp³-hybridized carbons (Fsp3) is 0.200. The van der Waals surface area contributed by atoms with Crippen molar-refractivity contribution in [2.75, 3.05) is 0 Å². The number of carboxylic acid groups (broad SMARTS) is 1. The molecular weight excluding hydrogens is 255 g/mol. The Bertz CT molecular complexity index is 511. The lowest BCUT2D eigenvalue weighted by Crippen LogP contribution is -2.42. The van der Waals surface area contributed by atoms with Gasteiger partial charge in [-0.15, -0.1) is 0 Å². The summed E-state index contributed by atoms with van der Waals surface area (Å²) in [6.45, 7) is 0. The Morgan fingerprint density at radius 1 is 1.61 bits per heavy atom. The van der Waals surface area contributed by atoms with Gasteiger partial charge in [0.05, 0.1) is 10.7 Å². The van der Waals surface area contributed by atoms with E-state index in [1.165, 1.54) is 6.07 Å². The summed E-state index contributed by atoms with van der Waals surface area (Å²) in [7, 11) is -1.17. The first-order valence-corrected chi connectivity index (χ1v) is 6.07. The van der Waals surface area contributed by atoms with E-state index in [0.29, 0.717) is 12.0 Å². The predicted molar refractivity (Wildman–Crippen MR) is 69.0 cm³/mol. The highest BCUT2D eigenvalue weighted by Gasteiger charge is 2.37. The molecule has 1 aromatic rings. The zero-order chi connectivity index (χ0) is 13.3. The summed E-state index contributed by atoms with van der Waals surface area (Å²) >= 11 is 1.00. The predicted octanol–water partition coefficient (Wildman–Crippen LogP) is 0.335. The van der Waals surface area contributed by atoms with Crippen LogP contribution in [0.1, 0.15) is 15.9 Å². The van der Waals surface area contributed by atoms with Gasteiger partial charge in [-0.2, -0.15) is 0 Å². The zero-order valence-corrected chi connectivity index (χ0v) is 10.1. The normalized spacial score (nSPS) is 17.8. The minimum absolute atomic E-state index is 0.0258. The molecule has 0 unspecified atom stereocenters. The van der Waals surface area contributed by atoms with Gasteiger partial charge in [0.25, 0.3) is 0 Å². The van der Waals surface area contributed by atoms with Crippen molar-refractivity contribution in [3.8, 4) is 5.75 Å². The maximum Gasteiger partial charge on any atom is 0.537 e. The molecule has 0 spiro atoms. The van der Waals surface area contributed by atoms with E-state index in [1.807, 2.05) is 0 Å². The fourth-order valence-corrected chi connectivity index (χ4v) is 2.59. The van der Waals surface area contributed by atoms with Crippen LogP contribution >= 0.6 is 11.8 Å². The van der Waals surface area contributed by atoms with Gasteiger partial charge in [0.1, 0.15) is 5.75 Å². The molecule has 1 aliphatic rings. The Morgan fingerprint density at radius 3 is 2.94 bits per heavy atom. The van der Waals surface area contributed by atoms with Crippen LogP contribution in [0.4, 0.5) is 0 Å². The molecule has 2 rings (SSSR count). The van der Waals surface area contributed by atoms with Gasteiger partial charge < -0.3 is 20.5 Å². The van der Waals surface area contributed by atoms with Crippen LogP contribution in [0.2, 0.25) is 0 Å². The molecule has 6 nitrogen and oxygen atoms in total. The van der Waals surface area contributed by atoms with Crippen molar-refractivity contribution in [2.45, 2.75) is 11.6 Å². The largest absolute Gasteiger partial charge is 0.537 e. The van der Waals surface area contributed by atoms with E-state index in [9.17, 15) is 9.82 Å². The molecule has 1 aliphatic heterocycles. The molecule has 1 atom stereocenters. The zero-order valence-electron chi connectivity index (χ0n) is 9.29. The van der Waals surface area contributed by atoms with Crippen molar-refractivity contribution >= 4 is 30.0 Å². The standard InChI is InChI=1S/C10H11BN2O4S/c12-10(13)18-7-4-5-2-1-3-6(9(14)15)8(5)17-11(7)16/h1-3,7,16H,4H2,(H3,12,13)(H,14,15)/t7-/m0/s1. The number of amidine groups is 1. The maximum absolute atomic E-state index is 11.0. The number of carbonyl (C=O) groups is 1. The minimum atomic E-state index is -1.17. The van der Waals surface area contributed by atoms with Crippen LogP contribution in [0, 0.1) is 5.41 Å². The average Bonchev–Trinajstić information content (AvgIpc) is 2.28. The van der Waals surface area contributed by atoms with Crippen LogP contribution in [0.15, 0.2) is 18.2 Å². The number of benzene rings is 1. The van der Waals surface area contributed by atoms with Crippen molar-refractivity contribution in [2.24, 2.45) is 5.73 Å². The first-order chi connectivity index (χ1) is 8.49. The fourth-order valence-electron chi connectivity index (χ4n) is 1.83. The van der Waals surface area contributed by atoms with Crippen molar-refractivity contribution in [1.82, 2.24) is 0 Å². The van der Waals surface area contributed by atoms with Gasteiger partial charge in [-0.05, 0) is 18.1 Å².